The van der Waals surface area contributed by atoms with Gasteiger partial charge in [-0.05, 0) is 24.8 Å². The lowest BCUT2D eigenvalue weighted by Crippen LogP contribution is -2.48. The lowest BCUT2D eigenvalue weighted by atomic mass is 9.85. The molecule has 150 valence electrons. The minimum atomic E-state index is -1.13. The fourth-order valence-electron chi connectivity index (χ4n) is 4.03. The molecule has 8 heteroatoms. The molecule has 5 amide bonds. The first-order valence-corrected chi connectivity index (χ1v) is 9.65. The van der Waals surface area contributed by atoms with E-state index in [0.717, 1.165) is 4.90 Å². The van der Waals surface area contributed by atoms with Gasteiger partial charge in [0.05, 0.1) is 0 Å². The third kappa shape index (κ3) is 3.58. The topological polar surface area (TPSA) is 113 Å². The maximum Gasteiger partial charge on any atom is 0.325 e. The maximum atomic E-state index is 13.2. The average Bonchev–Trinajstić information content (AvgIpc) is 2.94. The lowest BCUT2D eigenvalue weighted by molar-refractivity contribution is -0.140. The number of urea groups is 1. The van der Waals surface area contributed by atoms with Gasteiger partial charge in [0, 0.05) is 19.0 Å². The van der Waals surface area contributed by atoms with Crippen molar-refractivity contribution in [3.63, 3.8) is 0 Å². The Balaban J connectivity index is 1.73. The van der Waals surface area contributed by atoms with E-state index in [4.69, 9.17) is 5.73 Å². The second-order valence-electron chi connectivity index (χ2n) is 7.40. The van der Waals surface area contributed by atoms with Crippen molar-refractivity contribution in [1.82, 2.24) is 15.1 Å². The Kier molecular flexibility index (Phi) is 5.67. The SMILES string of the molecule is CCCC1(c2ccccc2)NC(=O)N(CC(=O)N2CCC(C(N)=O)CC2)C1=O. The average molecular weight is 386 g/mol. The molecular weight excluding hydrogens is 360 g/mol. The molecule has 2 heterocycles. The number of nitrogens with one attached hydrogen (secondary N) is 1. The van der Waals surface area contributed by atoms with Crippen molar-refractivity contribution in [2.24, 2.45) is 11.7 Å². The highest BCUT2D eigenvalue weighted by atomic mass is 16.2. The molecule has 0 bridgehead atoms. The van der Waals surface area contributed by atoms with Crippen LogP contribution >= 0.6 is 0 Å². The van der Waals surface area contributed by atoms with Crippen LogP contribution in [0.3, 0.4) is 0 Å². The number of carbonyl (C=O) groups excluding carboxylic acids is 4. The highest BCUT2D eigenvalue weighted by molar-refractivity contribution is 6.09. The number of likely N-dealkylation sites (tertiary alicyclic amines) is 1. The molecule has 3 rings (SSSR count). The minimum Gasteiger partial charge on any atom is -0.369 e. The summed E-state index contributed by atoms with van der Waals surface area (Å²) < 4.78 is 0. The van der Waals surface area contributed by atoms with E-state index in [1.165, 1.54) is 0 Å². The standard InChI is InChI=1S/C20H26N4O4/c1-2-10-20(15-6-4-3-5-7-15)18(27)24(19(28)22-20)13-16(25)23-11-8-14(9-12-23)17(21)26/h3-7,14H,2,8-13H2,1H3,(H2,21,26)(H,22,28). The number of rotatable bonds is 6. The largest absolute Gasteiger partial charge is 0.369 e. The molecule has 0 aromatic heterocycles. The van der Waals surface area contributed by atoms with Crippen LogP contribution in [0.15, 0.2) is 30.3 Å². The Labute approximate surface area is 164 Å². The summed E-state index contributed by atoms with van der Waals surface area (Å²) in [5.41, 5.74) is 4.91. The second-order valence-corrected chi connectivity index (χ2v) is 7.40. The van der Waals surface area contributed by atoms with Crippen molar-refractivity contribution in [3.05, 3.63) is 35.9 Å². The lowest BCUT2D eigenvalue weighted by Gasteiger charge is -2.31. The van der Waals surface area contributed by atoms with Crippen molar-refractivity contribution in [1.29, 1.82) is 0 Å². The molecule has 8 nitrogen and oxygen atoms in total. The first-order valence-electron chi connectivity index (χ1n) is 9.65. The van der Waals surface area contributed by atoms with Gasteiger partial charge >= 0.3 is 6.03 Å². The smallest absolute Gasteiger partial charge is 0.325 e. The summed E-state index contributed by atoms with van der Waals surface area (Å²) in [5.74, 6) is -1.28. The highest BCUT2D eigenvalue weighted by Crippen LogP contribution is 2.33. The molecule has 28 heavy (non-hydrogen) atoms. The summed E-state index contributed by atoms with van der Waals surface area (Å²) in [4.78, 5) is 52.3. The minimum absolute atomic E-state index is 0.226. The van der Waals surface area contributed by atoms with E-state index in [9.17, 15) is 19.2 Å². The number of hydrogen-bond acceptors (Lipinski definition) is 4. The molecule has 1 unspecified atom stereocenters. The van der Waals surface area contributed by atoms with E-state index >= 15 is 0 Å². The molecular formula is C20H26N4O4. The number of piperidine rings is 1. The number of nitrogens with zero attached hydrogens (tertiary/aromatic N) is 2. The van der Waals surface area contributed by atoms with Gasteiger partial charge in [-0.3, -0.25) is 19.3 Å². The zero-order chi connectivity index (χ0) is 20.3. The quantitative estimate of drug-likeness (QED) is 0.709. The zero-order valence-corrected chi connectivity index (χ0v) is 16.0. The number of hydrogen-bond donors (Lipinski definition) is 2. The predicted molar refractivity (Wildman–Crippen MR) is 102 cm³/mol. The van der Waals surface area contributed by atoms with Gasteiger partial charge in [-0.25, -0.2) is 4.79 Å². The van der Waals surface area contributed by atoms with Crippen LogP contribution in [0.1, 0.15) is 38.2 Å². The van der Waals surface area contributed by atoms with Crippen LogP contribution in [0.5, 0.6) is 0 Å². The summed E-state index contributed by atoms with van der Waals surface area (Å²) in [7, 11) is 0. The van der Waals surface area contributed by atoms with Crippen LogP contribution in [-0.2, 0) is 19.9 Å². The predicted octanol–water partition coefficient (Wildman–Crippen LogP) is 0.958. The maximum absolute atomic E-state index is 13.2. The van der Waals surface area contributed by atoms with Crippen LogP contribution < -0.4 is 11.1 Å². The number of carbonyl (C=O) groups is 4. The first kappa shape index (κ1) is 19.9. The van der Waals surface area contributed by atoms with Crippen molar-refractivity contribution >= 4 is 23.8 Å². The molecule has 0 radical (unpaired) electrons. The molecule has 0 spiro atoms. The Morgan fingerprint density at radius 3 is 2.39 bits per heavy atom. The van der Waals surface area contributed by atoms with Crippen LogP contribution in [0.25, 0.3) is 0 Å². The van der Waals surface area contributed by atoms with Gasteiger partial charge < -0.3 is 16.0 Å². The molecule has 1 atom stereocenters. The van der Waals surface area contributed by atoms with Crippen LogP contribution in [-0.4, -0.2) is 53.2 Å². The molecule has 0 aliphatic carbocycles. The first-order chi connectivity index (χ1) is 13.4. The van der Waals surface area contributed by atoms with Crippen LogP contribution in [0, 0.1) is 5.92 Å². The van der Waals surface area contributed by atoms with Crippen molar-refractivity contribution in [2.75, 3.05) is 19.6 Å². The fourth-order valence-corrected chi connectivity index (χ4v) is 4.03. The van der Waals surface area contributed by atoms with E-state index in [-0.39, 0.29) is 24.3 Å². The van der Waals surface area contributed by atoms with E-state index in [2.05, 4.69) is 5.32 Å². The Bertz CT molecular complexity index is 774. The molecule has 2 aliphatic heterocycles. The summed E-state index contributed by atoms with van der Waals surface area (Å²) in [6, 6.07) is 8.57. The van der Waals surface area contributed by atoms with Crippen molar-refractivity contribution < 1.29 is 19.2 Å². The van der Waals surface area contributed by atoms with Gasteiger partial charge in [0.25, 0.3) is 5.91 Å². The van der Waals surface area contributed by atoms with Gasteiger partial charge in [0.1, 0.15) is 12.1 Å². The van der Waals surface area contributed by atoms with Gasteiger partial charge in [-0.15, -0.1) is 0 Å². The Morgan fingerprint density at radius 1 is 1.18 bits per heavy atom. The number of primary amides is 1. The van der Waals surface area contributed by atoms with Gasteiger partial charge in [0.15, 0.2) is 0 Å². The van der Waals surface area contributed by atoms with Gasteiger partial charge in [-0.2, -0.15) is 0 Å². The molecule has 2 saturated heterocycles. The molecule has 1 aromatic carbocycles. The third-order valence-electron chi connectivity index (χ3n) is 5.61. The van der Waals surface area contributed by atoms with Crippen LogP contribution in [0.4, 0.5) is 4.79 Å². The van der Waals surface area contributed by atoms with Gasteiger partial charge in [0.2, 0.25) is 11.8 Å². The van der Waals surface area contributed by atoms with E-state index in [1.54, 1.807) is 4.90 Å². The normalized spacial score (nSPS) is 23.0. The molecule has 3 N–H and O–H groups in total. The van der Waals surface area contributed by atoms with E-state index < -0.39 is 17.5 Å². The molecule has 0 saturated carbocycles. The van der Waals surface area contributed by atoms with E-state index in [1.807, 2.05) is 37.3 Å². The Morgan fingerprint density at radius 2 is 1.82 bits per heavy atom. The highest BCUT2D eigenvalue weighted by Gasteiger charge is 2.52. The zero-order valence-electron chi connectivity index (χ0n) is 16.0. The number of benzene rings is 1. The summed E-state index contributed by atoms with van der Waals surface area (Å²) in [6.07, 6.45) is 2.16. The van der Waals surface area contributed by atoms with Crippen molar-refractivity contribution in [3.8, 4) is 0 Å². The molecule has 1 aromatic rings. The van der Waals surface area contributed by atoms with Crippen molar-refractivity contribution in [2.45, 2.75) is 38.1 Å². The second kappa shape index (κ2) is 8.00. The summed E-state index contributed by atoms with van der Waals surface area (Å²) in [6.45, 7) is 2.44. The number of nitrogens with two attached hydrogens (primary N) is 1. The molecule has 2 aliphatic rings. The third-order valence-corrected chi connectivity index (χ3v) is 5.61. The van der Waals surface area contributed by atoms with E-state index in [0.29, 0.717) is 44.3 Å². The van der Waals surface area contributed by atoms with Crippen LogP contribution in [0.2, 0.25) is 0 Å². The monoisotopic (exact) mass is 386 g/mol. The fraction of sp³-hybridized carbons (Fsp3) is 0.500. The summed E-state index contributed by atoms with van der Waals surface area (Å²) >= 11 is 0. The summed E-state index contributed by atoms with van der Waals surface area (Å²) in [5, 5.41) is 2.82. The number of amides is 5. The van der Waals surface area contributed by atoms with Gasteiger partial charge in [-0.1, -0.05) is 43.7 Å². The number of imide groups is 1. The molecule has 2 fully saturated rings. The Hall–Kier alpha value is -2.90.